The summed E-state index contributed by atoms with van der Waals surface area (Å²) in [6, 6.07) is 31.1. The summed E-state index contributed by atoms with van der Waals surface area (Å²) >= 11 is 7.30. The number of para-hydroxylation sites is 1. The van der Waals surface area contributed by atoms with Crippen molar-refractivity contribution in [3.8, 4) is 11.5 Å². The lowest BCUT2D eigenvalue weighted by Gasteiger charge is -2.25. The molecule has 5 aromatic rings. The van der Waals surface area contributed by atoms with E-state index in [1.54, 1.807) is 24.7 Å². The van der Waals surface area contributed by atoms with Crippen LogP contribution in [0.2, 0.25) is 5.02 Å². The standard InChI is InChI=1S/C36H29ClN2O5S/c1-3-43-35(41)30-31(24-11-6-4-7-12-24)38-36-39(32(30)25-13-8-5-9-14-25)34(40)29(45-36)21-26-15-10-16-28(42-2)33(26)44-22-23-17-19-27(37)20-18-23/h4-21,32H,3,22H2,1-2H3/b29-21-/t32-/m0/s1. The highest BCUT2D eigenvalue weighted by atomic mass is 35.5. The molecule has 1 aliphatic heterocycles. The van der Waals surface area contributed by atoms with Crippen LogP contribution < -0.4 is 24.4 Å². The zero-order chi connectivity index (χ0) is 31.3. The number of carbonyl (C=O) groups is 1. The van der Waals surface area contributed by atoms with Crippen molar-refractivity contribution in [3.05, 3.63) is 156 Å². The van der Waals surface area contributed by atoms with Crippen molar-refractivity contribution in [1.29, 1.82) is 0 Å². The average Bonchev–Trinajstić information content (AvgIpc) is 3.38. The number of hydrogen-bond donors (Lipinski definition) is 0. The Balaban J connectivity index is 1.54. The fourth-order valence-corrected chi connectivity index (χ4v) is 6.35. The summed E-state index contributed by atoms with van der Waals surface area (Å²) < 4.78 is 19.4. The Kier molecular flexibility index (Phi) is 8.96. The molecule has 6 rings (SSSR count). The van der Waals surface area contributed by atoms with Crippen molar-refractivity contribution < 1.29 is 19.0 Å². The molecule has 0 radical (unpaired) electrons. The van der Waals surface area contributed by atoms with Crippen LogP contribution in [0.4, 0.5) is 0 Å². The van der Waals surface area contributed by atoms with E-state index in [0.717, 1.165) is 16.7 Å². The summed E-state index contributed by atoms with van der Waals surface area (Å²) in [6.45, 7) is 2.22. The van der Waals surface area contributed by atoms with E-state index in [9.17, 15) is 9.59 Å². The number of hydrogen-bond acceptors (Lipinski definition) is 7. The van der Waals surface area contributed by atoms with Crippen LogP contribution in [0.3, 0.4) is 0 Å². The molecular weight excluding hydrogens is 608 g/mol. The molecule has 7 nitrogen and oxygen atoms in total. The van der Waals surface area contributed by atoms with E-state index in [2.05, 4.69) is 0 Å². The quantitative estimate of drug-likeness (QED) is 0.181. The molecule has 0 amide bonds. The van der Waals surface area contributed by atoms with Gasteiger partial charge >= 0.3 is 5.97 Å². The Morgan fingerprint density at radius 3 is 2.36 bits per heavy atom. The monoisotopic (exact) mass is 636 g/mol. The van der Waals surface area contributed by atoms with E-state index >= 15 is 0 Å². The largest absolute Gasteiger partial charge is 0.493 e. The van der Waals surface area contributed by atoms with Crippen LogP contribution >= 0.6 is 22.9 Å². The fourth-order valence-electron chi connectivity index (χ4n) is 5.23. The number of aromatic nitrogens is 1. The first kappa shape index (κ1) is 30.1. The second-order valence-electron chi connectivity index (χ2n) is 10.1. The van der Waals surface area contributed by atoms with Crippen molar-refractivity contribution in [1.82, 2.24) is 4.57 Å². The first-order chi connectivity index (χ1) is 22.0. The smallest absolute Gasteiger partial charge is 0.338 e. The van der Waals surface area contributed by atoms with Crippen molar-refractivity contribution in [2.75, 3.05) is 13.7 Å². The SMILES string of the molecule is CCOC(=O)C1=C(c2ccccc2)N=c2s/c(=C\c3cccc(OC)c3OCc3ccc(Cl)cc3)c(=O)n2[C@H]1c1ccccc1. The second-order valence-corrected chi connectivity index (χ2v) is 11.6. The summed E-state index contributed by atoms with van der Waals surface area (Å²) in [5.41, 5.74) is 3.62. The number of thiazole rings is 1. The van der Waals surface area contributed by atoms with Crippen molar-refractivity contribution >= 4 is 40.7 Å². The maximum Gasteiger partial charge on any atom is 0.338 e. The lowest BCUT2D eigenvalue weighted by Crippen LogP contribution is -2.40. The Morgan fingerprint density at radius 2 is 1.67 bits per heavy atom. The predicted molar refractivity (Wildman–Crippen MR) is 176 cm³/mol. The maximum atomic E-state index is 14.3. The van der Waals surface area contributed by atoms with Crippen LogP contribution in [0.5, 0.6) is 11.5 Å². The van der Waals surface area contributed by atoms with Crippen molar-refractivity contribution in [2.24, 2.45) is 4.99 Å². The van der Waals surface area contributed by atoms with Gasteiger partial charge in [-0.15, -0.1) is 0 Å². The zero-order valence-corrected chi connectivity index (χ0v) is 26.2. The van der Waals surface area contributed by atoms with Gasteiger partial charge in [0.15, 0.2) is 16.3 Å². The maximum absolute atomic E-state index is 14.3. The van der Waals surface area contributed by atoms with Gasteiger partial charge in [0.2, 0.25) is 0 Å². The third-order valence-corrected chi connectivity index (χ3v) is 8.54. The summed E-state index contributed by atoms with van der Waals surface area (Å²) in [6.07, 6.45) is 1.78. The molecule has 0 aliphatic carbocycles. The second kappa shape index (κ2) is 13.4. The van der Waals surface area contributed by atoms with Gasteiger partial charge in [-0.2, -0.15) is 0 Å². The number of esters is 1. The van der Waals surface area contributed by atoms with Gasteiger partial charge in [-0.1, -0.05) is 108 Å². The van der Waals surface area contributed by atoms with Gasteiger partial charge in [-0.25, -0.2) is 9.79 Å². The number of rotatable bonds is 9. The van der Waals surface area contributed by atoms with Gasteiger partial charge in [-0.3, -0.25) is 9.36 Å². The van der Waals surface area contributed by atoms with Crippen LogP contribution in [-0.4, -0.2) is 24.3 Å². The molecule has 0 N–H and O–H groups in total. The molecule has 0 bridgehead atoms. The molecule has 1 atom stereocenters. The first-order valence-corrected chi connectivity index (χ1v) is 15.6. The van der Waals surface area contributed by atoms with Crippen LogP contribution in [0.25, 0.3) is 11.8 Å². The van der Waals surface area contributed by atoms with Crippen LogP contribution in [0.1, 0.15) is 35.2 Å². The molecule has 0 saturated carbocycles. The zero-order valence-electron chi connectivity index (χ0n) is 24.6. The molecule has 226 valence electrons. The third-order valence-electron chi connectivity index (χ3n) is 7.30. The molecule has 2 heterocycles. The molecule has 45 heavy (non-hydrogen) atoms. The van der Waals surface area contributed by atoms with E-state index in [4.69, 9.17) is 30.8 Å². The van der Waals surface area contributed by atoms with Gasteiger partial charge < -0.3 is 14.2 Å². The van der Waals surface area contributed by atoms with Gasteiger partial charge in [0, 0.05) is 16.1 Å². The number of fused-ring (bicyclic) bond motifs is 1. The minimum Gasteiger partial charge on any atom is -0.493 e. The van der Waals surface area contributed by atoms with E-state index in [-0.39, 0.29) is 18.8 Å². The molecule has 0 spiro atoms. The lowest BCUT2D eigenvalue weighted by atomic mass is 9.93. The summed E-state index contributed by atoms with van der Waals surface area (Å²) in [4.78, 5) is 33.3. The number of carbonyl (C=O) groups excluding carboxylic acids is 1. The van der Waals surface area contributed by atoms with E-state index in [0.29, 0.717) is 42.7 Å². The Labute approximate surface area is 268 Å². The molecule has 9 heteroatoms. The van der Waals surface area contributed by atoms with E-state index < -0.39 is 12.0 Å². The average molecular weight is 637 g/mol. The normalized spacial score (nSPS) is 14.5. The Bertz CT molecular complexity index is 2050. The molecule has 4 aromatic carbocycles. The number of methoxy groups -OCH3 is 1. The first-order valence-electron chi connectivity index (χ1n) is 14.4. The highest BCUT2D eigenvalue weighted by molar-refractivity contribution is 7.07. The molecule has 0 fully saturated rings. The van der Waals surface area contributed by atoms with E-state index in [1.165, 1.54) is 11.3 Å². The molecular formula is C36H29ClN2O5S. The highest BCUT2D eigenvalue weighted by Gasteiger charge is 2.35. The minimum atomic E-state index is -0.746. The molecule has 0 unspecified atom stereocenters. The van der Waals surface area contributed by atoms with Gasteiger partial charge in [-0.05, 0) is 42.3 Å². The number of ether oxygens (including phenoxy) is 3. The summed E-state index contributed by atoms with van der Waals surface area (Å²) in [5.74, 6) is 0.509. The van der Waals surface area contributed by atoms with Crippen LogP contribution in [0, 0.1) is 0 Å². The predicted octanol–water partition coefficient (Wildman–Crippen LogP) is 6.18. The third kappa shape index (κ3) is 6.20. The highest BCUT2D eigenvalue weighted by Crippen LogP contribution is 2.36. The number of halogens is 1. The van der Waals surface area contributed by atoms with Crippen molar-refractivity contribution in [2.45, 2.75) is 19.6 Å². The number of nitrogens with zero attached hydrogens (tertiary/aromatic N) is 2. The molecule has 1 aromatic heterocycles. The Hall–Kier alpha value is -4.92. The lowest BCUT2D eigenvalue weighted by molar-refractivity contribution is -0.138. The van der Waals surface area contributed by atoms with E-state index in [1.807, 2.05) is 103 Å². The summed E-state index contributed by atoms with van der Waals surface area (Å²) in [7, 11) is 1.57. The number of benzene rings is 4. The molecule has 1 aliphatic rings. The Morgan fingerprint density at radius 1 is 0.956 bits per heavy atom. The van der Waals surface area contributed by atoms with Crippen LogP contribution in [-0.2, 0) is 16.1 Å². The van der Waals surface area contributed by atoms with Gasteiger partial charge in [0.1, 0.15) is 6.61 Å². The van der Waals surface area contributed by atoms with Gasteiger partial charge in [0.05, 0.1) is 35.6 Å². The minimum absolute atomic E-state index is 0.185. The van der Waals surface area contributed by atoms with Crippen molar-refractivity contribution in [3.63, 3.8) is 0 Å². The van der Waals surface area contributed by atoms with Crippen LogP contribution in [0.15, 0.2) is 118 Å². The fraction of sp³-hybridized carbons (Fsp3) is 0.139. The molecule has 0 saturated heterocycles. The van der Waals surface area contributed by atoms with Gasteiger partial charge in [0.25, 0.3) is 5.56 Å². The summed E-state index contributed by atoms with van der Waals surface area (Å²) in [5, 5.41) is 0.641. The topological polar surface area (TPSA) is 79.1 Å².